The van der Waals surface area contributed by atoms with Crippen molar-refractivity contribution in [3.63, 3.8) is 0 Å². The van der Waals surface area contributed by atoms with Gasteiger partial charge in [0.05, 0.1) is 0 Å². The molecule has 1 aliphatic rings. The SMILES string of the molecule is CCCNC(=O)COC(=O)/C(C#N)=C/c1cc(C)n(C2CCCCC2)c1C. The number of carbonyl (C=O) groups is 2. The summed E-state index contributed by atoms with van der Waals surface area (Å²) in [5.74, 6) is -1.13. The smallest absolute Gasteiger partial charge is 0.349 e. The highest BCUT2D eigenvalue weighted by molar-refractivity contribution is 5.99. The number of nitriles is 1. The summed E-state index contributed by atoms with van der Waals surface area (Å²) in [5.41, 5.74) is 2.94. The average Bonchev–Trinajstić information content (AvgIpc) is 2.96. The van der Waals surface area contributed by atoms with E-state index in [4.69, 9.17) is 4.74 Å². The monoisotopic (exact) mass is 371 g/mol. The van der Waals surface area contributed by atoms with Crippen molar-refractivity contribution >= 4 is 18.0 Å². The van der Waals surface area contributed by atoms with Crippen LogP contribution >= 0.6 is 0 Å². The summed E-state index contributed by atoms with van der Waals surface area (Å²) in [6.45, 7) is 6.17. The Balaban J connectivity index is 2.11. The van der Waals surface area contributed by atoms with E-state index in [1.54, 1.807) is 6.08 Å². The highest BCUT2D eigenvalue weighted by Crippen LogP contribution is 2.32. The second-order valence-corrected chi connectivity index (χ2v) is 7.08. The molecule has 1 aromatic heterocycles. The number of hydrogen-bond donors (Lipinski definition) is 1. The van der Waals surface area contributed by atoms with Gasteiger partial charge in [-0.05, 0) is 50.8 Å². The molecule has 1 fully saturated rings. The number of aromatic nitrogens is 1. The van der Waals surface area contributed by atoms with E-state index < -0.39 is 5.97 Å². The number of aryl methyl sites for hydroxylation is 1. The normalized spacial score (nSPS) is 15.3. The molecule has 1 aromatic rings. The van der Waals surface area contributed by atoms with Gasteiger partial charge in [0.15, 0.2) is 6.61 Å². The van der Waals surface area contributed by atoms with Crippen LogP contribution in [0.3, 0.4) is 0 Å². The molecule has 1 amide bonds. The average molecular weight is 371 g/mol. The van der Waals surface area contributed by atoms with Crippen LogP contribution in [0.1, 0.15) is 68.4 Å². The number of rotatable bonds is 7. The van der Waals surface area contributed by atoms with E-state index in [1.807, 2.05) is 26.0 Å². The molecule has 0 unspecified atom stereocenters. The lowest BCUT2D eigenvalue weighted by Crippen LogP contribution is -2.29. The van der Waals surface area contributed by atoms with Crippen molar-refractivity contribution in [2.75, 3.05) is 13.2 Å². The fourth-order valence-electron chi connectivity index (χ4n) is 3.67. The molecule has 146 valence electrons. The second kappa shape index (κ2) is 9.96. The molecule has 6 heteroatoms. The number of nitrogens with one attached hydrogen (secondary N) is 1. The van der Waals surface area contributed by atoms with Crippen molar-refractivity contribution in [1.82, 2.24) is 9.88 Å². The third kappa shape index (κ3) is 5.46. The van der Waals surface area contributed by atoms with E-state index in [1.165, 1.54) is 32.1 Å². The van der Waals surface area contributed by atoms with Crippen LogP contribution in [0, 0.1) is 25.2 Å². The zero-order valence-electron chi connectivity index (χ0n) is 16.5. The summed E-state index contributed by atoms with van der Waals surface area (Å²) >= 11 is 0. The molecule has 1 aliphatic carbocycles. The Labute approximate surface area is 161 Å². The minimum atomic E-state index is -0.772. The molecule has 0 aliphatic heterocycles. The minimum absolute atomic E-state index is 0.0952. The molecule has 1 N–H and O–H groups in total. The largest absolute Gasteiger partial charge is 0.451 e. The summed E-state index contributed by atoms with van der Waals surface area (Å²) in [4.78, 5) is 23.7. The van der Waals surface area contributed by atoms with Gasteiger partial charge < -0.3 is 14.6 Å². The Morgan fingerprint density at radius 3 is 2.67 bits per heavy atom. The van der Waals surface area contributed by atoms with Crippen LogP contribution < -0.4 is 5.32 Å². The molecule has 6 nitrogen and oxygen atoms in total. The number of esters is 1. The summed E-state index contributed by atoms with van der Waals surface area (Å²) in [7, 11) is 0. The zero-order chi connectivity index (χ0) is 19.8. The van der Waals surface area contributed by atoms with Crippen molar-refractivity contribution in [3.05, 3.63) is 28.6 Å². The summed E-state index contributed by atoms with van der Waals surface area (Å²) < 4.78 is 7.29. The summed E-state index contributed by atoms with van der Waals surface area (Å²) in [6.07, 6.45) is 8.47. The van der Waals surface area contributed by atoms with Crippen molar-refractivity contribution in [1.29, 1.82) is 5.26 Å². The van der Waals surface area contributed by atoms with Gasteiger partial charge in [0, 0.05) is 24.0 Å². The molecule has 0 bridgehead atoms. The topological polar surface area (TPSA) is 84.1 Å². The van der Waals surface area contributed by atoms with Crippen LogP contribution in [-0.4, -0.2) is 29.6 Å². The van der Waals surface area contributed by atoms with Crippen LogP contribution in [0.5, 0.6) is 0 Å². The van der Waals surface area contributed by atoms with Gasteiger partial charge in [0.1, 0.15) is 11.6 Å². The Morgan fingerprint density at radius 1 is 1.33 bits per heavy atom. The predicted octanol–water partition coefficient (Wildman–Crippen LogP) is 3.59. The molecule has 0 spiro atoms. The lowest BCUT2D eigenvalue weighted by atomic mass is 9.95. The second-order valence-electron chi connectivity index (χ2n) is 7.08. The maximum atomic E-state index is 12.2. The predicted molar refractivity (Wildman–Crippen MR) is 104 cm³/mol. The maximum absolute atomic E-state index is 12.2. The van der Waals surface area contributed by atoms with Crippen LogP contribution in [0.4, 0.5) is 0 Å². The first-order valence-corrected chi connectivity index (χ1v) is 9.72. The Hall–Kier alpha value is -2.55. The lowest BCUT2D eigenvalue weighted by molar-refractivity contribution is -0.144. The standard InChI is InChI=1S/C21H29N3O3/c1-4-10-23-20(25)14-27-21(26)18(13-22)12-17-11-15(2)24(16(17)3)19-8-6-5-7-9-19/h11-12,19H,4-10,14H2,1-3H3,(H,23,25)/b18-12+. The van der Waals surface area contributed by atoms with Gasteiger partial charge in [-0.25, -0.2) is 4.79 Å². The van der Waals surface area contributed by atoms with Crippen LogP contribution in [0.25, 0.3) is 6.08 Å². The fraction of sp³-hybridized carbons (Fsp3) is 0.571. The minimum Gasteiger partial charge on any atom is -0.451 e. The molecular formula is C21H29N3O3. The van der Waals surface area contributed by atoms with E-state index >= 15 is 0 Å². The Morgan fingerprint density at radius 2 is 2.04 bits per heavy atom. The lowest BCUT2D eigenvalue weighted by Gasteiger charge is -2.26. The fourth-order valence-corrected chi connectivity index (χ4v) is 3.67. The van der Waals surface area contributed by atoms with Gasteiger partial charge in [-0.15, -0.1) is 0 Å². The van der Waals surface area contributed by atoms with Gasteiger partial charge in [0.25, 0.3) is 5.91 Å². The number of carbonyl (C=O) groups excluding carboxylic acids is 2. The Kier molecular flexibility index (Phi) is 7.66. The van der Waals surface area contributed by atoms with Gasteiger partial charge in [-0.2, -0.15) is 5.26 Å². The van der Waals surface area contributed by atoms with E-state index in [2.05, 4.69) is 16.8 Å². The highest BCUT2D eigenvalue weighted by Gasteiger charge is 2.20. The number of ether oxygens (including phenoxy) is 1. The maximum Gasteiger partial charge on any atom is 0.349 e. The first-order valence-electron chi connectivity index (χ1n) is 9.72. The van der Waals surface area contributed by atoms with Crippen LogP contribution in [-0.2, 0) is 14.3 Å². The number of hydrogen-bond acceptors (Lipinski definition) is 4. The first kappa shape index (κ1) is 20.8. The summed E-state index contributed by atoms with van der Waals surface area (Å²) in [6, 6.07) is 4.39. The van der Waals surface area contributed by atoms with Gasteiger partial charge in [-0.3, -0.25) is 4.79 Å². The van der Waals surface area contributed by atoms with E-state index in [-0.39, 0.29) is 18.1 Å². The molecule has 0 saturated heterocycles. The van der Waals surface area contributed by atoms with Gasteiger partial charge in [-0.1, -0.05) is 26.2 Å². The van der Waals surface area contributed by atoms with Gasteiger partial charge >= 0.3 is 5.97 Å². The third-order valence-corrected chi connectivity index (χ3v) is 5.01. The zero-order valence-corrected chi connectivity index (χ0v) is 16.5. The number of amides is 1. The first-order chi connectivity index (χ1) is 13.0. The summed E-state index contributed by atoms with van der Waals surface area (Å²) in [5, 5.41) is 12.0. The molecule has 27 heavy (non-hydrogen) atoms. The molecule has 1 heterocycles. The van der Waals surface area contributed by atoms with E-state index in [9.17, 15) is 14.9 Å². The molecular weight excluding hydrogens is 342 g/mol. The number of nitrogens with zero attached hydrogens (tertiary/aromatic N) is 2. The van der Waals surface area contributed by atoms with Crippen molar-refractivity contribution < 1.29 is 14.3 Å². The van der Waals surface area contributed by atoms with E-state index in [0.717, 1.165) is 23.4 Å². The van der Waals surface area contributed by atoms with Crippen LogP contribution in [0.15, 0.2) is 11.6 Å². The third-order valence-electron chi connectivity index (χ3n) is 5.01. The molecule has 0 atom stereocenters. The van der Waals surface area contributed by atoms with Crippen molar-refractivity contribution in [3.8, 4) is 6.07 Å². The van der Waals surface area contributed by atoms with Crippen LogP contribution in [0.2, 0.25) is 0 Å². The Bertz CT molecular complexity index is 749. The van der Waals surface area contributed by atoms with E-state index in [0.29, 0.717) is 12.6 Å². The quantitative estimate of drug-likeness (QED) is 0.451. The molecule has 0 radical (unpaired) electrons. The molecule has 2 rings (SSSR count). The van der Waals surface area contributed by atoms with Crippen molar-refractivity contribution in [2.24, 2.45) is 0 Å². The molecule has 0 aromatic carbocycles. The van der Waals surface area contributed by atoms with Gasteiger partial charge in [0.2, 0.25) is 0 Å². The molecule has 1 saturated carbocycles. The van der Waals surface area contributed by atoms with Crippen molar-refractivity contribution in [2.45, 2.75) is 65.3 Å². The highest BCUT2D eigenvalue weighted by atomic mass is 16.5.